The molecule has 1 atom stereocenters. The van der Waals surface area contributed by atoms with Gasteiger partial charge in [0.1, 0.15) is 12.0 Å². The van der Waals surface area contributed by atoms with Crippen molar-refractivity contribution in [1.82, 2.24) is 15.6 Å². The Morgan fingerprint density at radius 2 is 2.37 bits per heavy atom. The fourth-order valence-electron chi connectivity index (χ4n) is 2.27. The smallest absolute Gasteiger partial charge is 0.316 e. The Kier molecular flexibility index (Phi) is 4.97. The second-order valence-electron chi connectivity index (χ2n) is 4.58. The third-order valence-corrected chi connectivity index (χ3v) is 3.17. The lowest BCUT2D eigenvalue weighted by molar-refractivity contribution is 0.234. The van der Waals surface area contributed by atoms with Gasteiger partial charge in [0.2, 0.25) is 0 Å². The number of anilines is 1. The highest BCUT2D eigenvalue weighted by atomic mass is 16.2. The lowest BCUT2D eigenvalue weighted by atomic mass is 10.1. The van der Waals surface area contributed by atoms with Gasteiger partial charge in [0.05, 0.1) is 0 Å². The molecule has 2 amide bonds. The molecule has 1 aromatic heterocycles. The Bertz CT molecular complexity index is 397. The Morgan fingerprint density at radius 1 is 1.47 bits per heavy atom. The molecule has 0 spiro atoms. The first-order valence-electron chi connectivity index (χ1n) is 6.73. The summed E-state index contributed by atoms with van der Waals surface area (Å²) in [4.78, 5) is 18.2. The Labute approximate surface area is 113 Å². The highest BCUT2D eigenvalue weighted by molar-refractivity contribution is 5.74. The predicted molar refractivity (Wildman–Crippen MR) is 74.8 cm³/mol. The van der Waals surface area contributed by atoms with Crippen molar-refractivity contribution in [2.45, 2.75) is 25.4 Å². The van der Waals surface area contributed by atoms with E-state index in [1.54, 1.807) is 6.20 Å². The van der Waals surface area contributed by atoms with Crippen LogP contribution in [0.15, 0.2) is 24.4 Å². The van der Waals surface area contributed by atoms with Crippen LogP contribution in [0.5, 0.6) is 0 Å². The lowest BCUT2D eigenvalue weighted by Gasteiger charge is -2.36. The van der Waals surface area contributed by atoms with Gasteiger partial charge in [0, 0.05) is 25.8 Å². The van der Waals surface area contributed by atoms with Gasteiger partial charge in [0.25, 0.3) is 0 Å². The van der Waals surface area contributed by atoms with Gasteiger partial charge in [-0.2, -0.15) is 0 Å². The van der Waals surface area contributed by atoms with Crippen LogP contribution in [-0.2, 0) is 0 Å². The van der Waals surface area contributed by atoms with Crippen LogP contribution in [0.4, 0.5) is 10.6 Å². The quantitative estimate of drug-likeness (QED) is 0.745. The average Bonchev–Trinajstić information content (AvgIpc) is 2.46. The standard InChI is InChI=1S/C13H21N5O/c14-7-9-16-13(19)17-12-6-2-4-10-18(12)11-5-1-3-8-15-11/h1,3,5,8,12H,2,4,6-7,9-10,14H2,(H2,16,17,19). The van der Waals surface area contributed by atoms with E-state index < -0.39 is 0 Å². The van der Waals surface area contributed by atoms with Crippen molar-refractivity contribution in [3.8, 4) is 0 Å². The van der Waals surface area contributed by atoms with Crippen LogP contribution in [0.25, 0.3) is 0 Å². The van der Waals surface area contributed by atoms with Crippen LogP contribution < -0.4 is 21.3 Å². The second kappa shape index (κ2) is 6.94. The summed E-state index contributed by atoms with van der Waals surface area (Å²) in [6, 6.07) is 5.66. The number of urea groups is 1. The molecule has 0 bridgehead atoms. The fourth-order valence-corrected chi connectivity index (χ4v) is 2.27. The van der Waals surface area contributed by atoms with Crippen molar-refractivity contribution in [3.63, 3.8) is 0 Å². The van der Waals surface area contributed by atoms with E-state index in [-0.39, 0.29) is 12.2 Å². The molecule has 1 aliphatic heterocycles. The van der Waals surface area contributed by atoms with Gasteiger partial charge in [-0.3, -0.25) is 0 Å². The van der Waals surface area contributed by atoms with E-state index in [9.17, 15) is 4.79 Å². The molecule has 6 nitrogen and oxygen atoms in total. The summed E-state index contributed by atoms with van der Waals surface area (Å²) in [5.41, 5.74) is 5.37. The number of rotatable bonds is 4. The van der Waals surface area contributed by atoms with Crippen molar-refractivity contribution in [2.75, 3.05) is 24.5 Å². The summed E-state index contributed by atoms with van der Waals surface area (Å²) in [5, 5.41) is 5.71. The third kappa shape index (κ3) is 3.82. The van der Waals surface area contributed by atoms with Gasteiger partial charge in [-0.15, -0.1) is 0 Å². The van der Waals surface area contributed by atoms with Crippen molar-refractivity contribution < 1.29 is 4.79 Å². The Hall–Kier alpha value is -1.82. The van der Waals surface area contributed by atoms with Gasteiger partial charge < -0.3 is 21.3 Å². The molecule has 0 aliphatic carbocycles. The SMILES string of the molecule is NCCNC(=O)NC1CCCCN1c1ccccn1. The summed E-state index contributed by atoms with van der Waals surface area (Å²) in [5.74, 6) is 0.909. The summed E-state index contributed by atoms with van der Waals surface area (Å²) in [6.07, 6.45) is 4.95. The van der Waals surface area contributed by atoms with Gasteiger partial charge >= 0.3 is 6.03 Å². The minimum Gasteiger partial charge on any atom is -0.337 e. The summed E-state index contributed by atoms with van der Waals surface area (Å²) < 4.78 is 0. The minimum atomic E-state index is -0.168. The first-order chi connectivity index (χ1) is 9.31. The fraction of sp³-hybridized carbons (Fsp3) is 0.538. The largest absolute Gasteiger partial charge is 0.337 e. The van der Waals surface area contributed by atoms with Crippen molar-refractivity contribution in [1.29, 1.82) is 0 Å². The molecule has 104 valence electrons. The number of nitrogens with one attached hydrogen (secondary N) is 2. The highest BCUT2D eigenvalue weighted by Crippen LogP contribution is 2.21. The first kappa shape index (κ1) is 13.6. The van der Waals surface area contributed by atoms with Crippen molar-refractivity contribution >= 4 is 11.8 Å². The topological polar surface area (TPSA) is 83.3 Å². The molecule has 0 radical (unpaired) electrons. The molecule has 2 rings (SSSR count). The predicted octanol–water partition coefficient (Wildman–Crippen LogP) is 0.656. The molecule has 1 fully saturated rings. The minimum absolute atomic E-state index is 0.00132. The monoisotopic (exact) mass is 263 g/mol. The van der Waals surface area contributed by atoms with Crippen LogP contribution in [-0.4, -0.2) is 36.8 Å². The molecule has 2 heterocycles. The van der Waals surface area contributed by atoms with Crippen LogP contribution >= 0.6 is 0 Å². The van der Waals surface area contributed by atoms with E-state index in [0.29, 0.717) is 13.1 Å². The molecule has 1 aromatic rings. The van der Waals surface area contributed by atoms with Crippen molar-refractivity contribution in [3.05, 3.63) is 24.4 Å². The maximum atomic E-state index is 11.7. The zero-order valence-electron chi connectivity index (χ0n) is 11.0. The summed E-state index contributed by atoms with van der Waals surface area (Å²) >= 11 is 0. The molecule has 6 heteroatoms. The number of hydrogen-bond acceptors (Lipinski definition) is 4. The molecule has 0 aromatic carbocycles. The average molecular weight is 263 g/mol. The number of carbonyl (C=O) groups excluding carboxylic acids is 1. The van der Waals surface area contributed by atoms with Crippen molar-refractivity contribution in [2.24, 2.45) is 5.73 Å². The molecule has 1 saturated heterocycles. The molecular formula is C13H21N5O. The zero-order chi connectivity index (χ0) is 13.5. The number of carbonyl (C=O) groups is 1. The number of nitrogens with two attached hydrogens (primary N) is 1. The summed E-state index contributed by atoms with van der Waals surface area (Å²) in [6.45, 7) is 1.85. The van der Waals surface area contributed by atoms with E-state index in [1.165, 1.54) is 0 Å². The van der Waals surface area contributed by atoms with Gasteiger partial charge in [-0.1, -0.05) is 6.07 Å². The third-order valence-electron chi connectivity index (χ3n) is 3.17. The number of aromatic nitrogens is 1. The van der Waals surface area contributed by atoms with Crippen LogP contribution in [0.3, 0.4) is 0 Å². The van der Waals surface area contributed by atoms with Crippen LogP contribution in [0.2, 0.25) is 0 Å². The molecule has 4 N–H and O–H groups in total. The number of hydrogen-bond donors (Lipinski definition) is 3. The molecule has 19 heavy (non-hydrogen) atoms. The van der Waals surface area contributed by atoms with E-state index in [2.05, 4.69) is 20.5 Å². The Balaban J connectivity index is 1.98. The van der Waals surface area contributed by atoms with E-state index in [4.69, 9.17) is 5.73 Å². The lowest BCUT2D eigenvalue weighted by Crippen LogP contribution is -2.54. The Morgan fingerprint density at radius 3 is 3.11 bits per heavy atom. The number of pyridine rings is 1. The second-order valence-corrected chi connectivity index (χ2v) is 4.58. The normalized spacial score (nSPS) is 19.0. The highest BCUT2D eigenvalue weighted by Gasteiger charge is 2.24. The summed E-state index contributed by atoms with van der Waals surface area (Å²) in [7, 11) is 0. The molecule has 1 aliphatic rings. The maximum Gasteiger partial charge on any atom is 0.316 e. The van der Waals surface area contributed by atoms with Gasteiger partial charge in [-0.25, -0.2) is 9.78 Å². The van der Waals surface area contributed by atoms with Gasteiger partial charge in [0.15, 0.2) is 0 Å². The molecule has 0 saturated carbocycles. The van der Waals surface area contributed by atoms with Gasteiger partial charge in [-0.05, 0) is 31.4 Å². The maximum absolute atomic E-state index is 11.7. The molecule has 1 unspecified atom stereocenters. The van der Waals surface area contributed by atoms with Crippen LogP contribution in [0.1, 0.15) is 19.3 Å². The molecular weight excluding hydrogens is 242 g/mol. The number of nitrogens with zero attached hydrogens (tertiary/aromatic N) is 2. The van der Waals surface area contributed by atoms with Crippen LogP contribution in [0, 0.1) is 0 Å². The first-order valence-corrected chi connectivity index (χ1v) is 6.73. The van der Waals surface area contributed by atoms with E-state index >= 15 is 0 Å². The number of piperidine rings is 1. The zero-order valence-corrected chi connectivity index (χ0v) is 11.0. The van der Waals surface area contributed by atoms with E-state index in [0.717, 1.165) is 31.6 Å². The number of amides is 2. The van der Waals surface area contributed by atoms with E-state index in [1.807, 2.05) is 18.2 Å².